The first kappa shape index (κ1) is 14.4. The molecule has 1 unspecified atom stereocenters. The van der Waals surface area contributed by atoms with Gasteiger partial charge in [-0.1, -0.05) is 31.9 Å². The Morgan fingerprint density at radius 1 is 1.32 bits per heavy atom. The molecular weight excluding hydrogens is 258 g/mol. The monoisotopic (exact) mass is 279 g/mol. The summed E-state index contributed by atoms with van der Waals surface area (Å²) in [5.41, 5.74) is 8.13. The van der Waals surface area contributed by atoms with E-state index in [4.69, 9.17) is 22.3 Å². The van der Waals surface area contributed by atoms with Gasteiger partial charge in [0.25, 0.3) is 0 Å². The Morgan fingerprint density at radius 3 is 2.68 bits per heavy atom. The zero-order valence-electron chi connectivity index (χ0n) is 11.9. The third kappa shape index (κ3) is 2.77. The predicted octanol–water partition coefficient (Wildman–Crippen LogP) is 4.07. The van der Waals surface area contributed by atoms with Crippen LogP contribution in [0.4, 0.5) is 0 Å². The van der Waals surface area contributed by atoms with E-state index < -0.39 is 5.54 Å². The Labute approximate surface area is 119 Å². The van der Waals surface area contributed by atoms with Crippen LogP contribution >= 0.6 is 11.6 Å². The van der Waals surface area contributed by atoms with Crippen LogP contribution in [0.15, 0.2) is 18.2 Å². The highest BCUT2D eigenvalue weighted by molar-refractivity contribution is 6.31. The third-order valence-electron chi connectivity index (χ3n) is 3.44. The second kappa shape index (κ2) is 5.51. The Hall–Kier alpha value is -1.06. The Bertz CT molecular complexity index is 572. The summed E-state index contributed by atoms with van der Waals surface area (Å²) in [4.78, 5) is 4.74. The average molecular weight is 280 g/mol. The zero-order valence-corrected chi connectivity index (χ0v) is 12.7. The smallest absolute Gasteiger partial charge is 0.129 e. The SMILES string of the molecule is CCCn1c(C(C)(N)CCC)nc2ccc(Cl)cc21. The van der Waals surface area contributed by atoms with Gasteiger partial charge in [0.15, 0.2) is 0 Å². The first-order chi connectivity index (χ1) is 8.99. The number of nitrogens with two attached hydrogens (primary N) is 1. The summed E-state index contributed by atoms with van der Waals surface area (Å²) >= 11 is 6.10. The lowest BCUT2D eigenvalue weighted by Gasteiger charge is -2.24. The molecule has 4 heteroatoms. The van der Waals surface area contributed by atoms with Crippen LogP contribution in [0.2, 0.25) is 5.02 Å². The molecule has 3 nitrogen and oxygen atoms in total. The summed E-state index contributed by atoms with van der Waals surface area (Å²) in [7, 11) is 0. The van der Waals surface area contributed by atoms with E-state index in [1.165, 1.54) is 0 Å². The van der Waals surface area contributed by atoms with Gasteiger partial charge in [0, 0.05) is 11.6 Å². The number of halogens is 1. The first-order valence-electron chi connectivity index (χ1n) is 6.94. The topological polar surface area (TPSA) is 43.8 Å². The van der Waals surface area contributed by atoms with Crippen molar-refractivity contribution in [2.24, 2.45) is 5.73 Å². The molecule has 0 spiro atoms. The molecule has 0 saturated carbocycles. The molecule has 1 atom stereocenters. The van der Waals surface area contributed by atoms with Gasteiger partial charge in [0.05, 0.1) is 16.6 Å². The van der Waals surface area contributed by atoms with Gasteiger partial charge >= 0.3 is 0 Å². The van der Waals surface area contributed by atoms with E-state index in [1.807, 2.05) is 18.2 Å². The molecule has 0 saturated heterocycles. The first-order valence-corrected chi connectivity index (χ1v) is 7.32. The largest absolute Gasteiger partial charge is 0.326 e. The maximum Gasteiger partial charge on any atom is 0.129 e. The molecule has 1 heterocycles. The number of benzene rings is 1. The molecule has 1 aromatic heterocycles. The van der Waals surface area contributed by atoms with Gasteiger partial charge in [0.2, 0.25) is 0 Å². The molecule has 2 rings (SSSR count). The molecule has 19 heavy (non-hydrogen) atoms. The van der Waals surface area contributed by atoms with Crippen molar-refractivity contribution in [3.63, 3.8) is 0 Å². The van der Waals surface area contributed by atoms with Crippen LogP contribution in [0.3, 0.4) is 0 Å². The molecule has 0 aliphatic rings. The molecule has 0 bridgehead atoms. The fourth-order valence-electron chi connectivity index (χ4n) is 2.61. The Morgan fingerprint density at radius 2 is 2.05 bits per heavy atom. The van der Waals surface area contributed by atoms with Crippen LogP contribution in [-0.4, -0.2) is 9.55 Å². The maximum atomic E-state index is 6.47. The fourth-order valence-corrected chi connectivity index (χ4v) is 2.78. The minimum atomic E-state index is -0.393. The lowest BCUT2D eigenvalue weighted by atomic mass is 9.96. The van der Waals surface area contributed by atoms with E-state index in [2.05, 4.69) is 25.3 Å². The highest BCUT2D eigenvalue weighted by atomic mass is 35.5. The highest BCUT2D eigenvalue weighted by Crippen LogP contribution is 2.28. The number of hydrogen-bond donors (Lipinski definition) is 1. The Kier molecular flexibility index (Phi) is 4.16. The Balaban J connectivity index is 2.62. The lowest BCUT2D eigenvalue weighted by molar-refractivity contribution is 0.400. The maximum absolute atomic E-state index is 6.47. The zero-order chi connectivity index (χ0) is 14.0. The number of fused-ring (bicyclic) bond motifs is 1. The van der Waals surface area contributed by atoms with E-state index in [0.717, 1.165) is 47.7 Å². The third-order valence-corrected chi connectivity index (χ3v) is 3.67. The predicted molar refractivity (Wildman–Crippen MR) is 81.5 cm³/mol. The summed E-state index contributed by atoms with van der Waals surface area (Å²) < 4.78 is 2.22. The quantitative estimate of drug-likeness (QED) is 0.896. The number of hydrogen-bond acceptors (Lipinski definition) is 2. The average Bonchev–Trinajstić information content (AvgIpc) is 2.69. The van der Waals surface area contributed by atoms with Crippen molar-refractivity contribution in [1.29, 1.82) is 0 Å². The van der Waals surface area contributed by atoms with E-state index in [9.17, 15) is 0 Å². The second-order valence-corrected chi connectivity index (χ2v) is 5.82. The minimum Gasteiger partial charge on any atom is -0.326 e. The molecule has 104 valence electrons. The number of aromatic nitrogens is 2. The highest BCUT2D eigenvalue weighted by Gasteiger charge is 2.27. The molecule has 0 aliphatic carbocycles. The summed E-state index contributed by atoms with van der Waals surface area (Å²) in [6.07, 6.45) is 3.02. The van der Waals surface area contributed by atoms with Crippen LogP contribution in [-0.2, 0) is 12.1 Å². The molecule has 0 radical (unpaired) electrons. The van der Waals surface area contributed by atoms with Crippen LogP contribution in [0.25, 0.3) is 11.0 Å². The summed E-state index contributed by atoms with van der Waals surface area (Å²) in [6, 6.07) is 5.82. The van der Waals surface area contributed by atoms with Gasteiger partial charge in [-0.2, -0.15) is 0 Å². The minimum absolute atomic E-state index is 0.393. The van der Waals surface area contributed by atoms with Crippen LogP contribution in [0, 0.1) is 0 Å². The van der Waals surface area contributed by atoms with Crippen molar-refractivity contribution in [3.8, 4) is 0 Å². The molecule has 0 fully saturated rings. The molecular formula is C15H22ClN3. The van der Waals surface area contributed by atoms with Gasteiger partial charge in [-0.15, -0.1) is 0 Å². The van der Waals surface area contributed by atoms with Gasteiger partial charge in [-0.25, -0.2) is 4.98 Å². The number of imidazole rings is 1. The standard InChI is InChI=1S/C15H22ClN3/c1-4-8-15(3,17)14-18-12-7-6-11(16)10-13(12)19(14)9-5-2/h6-7,10H,4-5,8-9,17H2,1-3H3. The van der Waals surface area contributed by atoms with Crippen LogP contribution in [0.1, 0.15) is 45.9 Å². The second-order valence-electron chi connectivity index (χ2n) is 5.39. The van der Waals surface area contributed by atoms with E-state index >= 15 is 0 Å². The summed E-state index contributed by atoms with van der Waals surface area (Å²) in [5.74, 6) is 0.966. The van der Waals surface area contributed by atoms with Gasteiger partial charge in [0.1, 0.15) is 5.82 Å². The van der Waals surface area contributed by atoms with Crippen molar-refractivity contribution in [2.75, 3.05) is 0 Å². The van der Waals surface area contributed by atoms with Crippen molar-refractivity contribution in [2.45, 2.75) is 52.1 Å². The van der Waals surface area contributed by atoms with Gasteiger partial charge in [-0.3, -0.25) is 0 Å². The number of nitrogens with zero attached hydrogens (tertiary/aromatic N) is 2. The van der Waals surface area contributed by atoms with E-state index in [1.54, 1.807) is 0 Å². The van der Waals surface area contributed by atoms with Gasteiger partial charge < -0.3 is 10.3 Å². The summed E-state index contributed by atoms with van der Waals surface area (Å²) in [5, 5.41) is 0.741. The normalized spacial score (nSPS) is 14.8. The molecule has 2 N–H and O–H groups in total. The van der Waals surface area contributed by atoms with Gasteiger partial charge in [-0.05, 0) is 38.0 Å². The molecule has 0 aliphatic heterocycles. The van der Waals surface area contributed by atoms with Crippen molar-refractivity contribution in [3.05, 3.63) is 29.0 Å². The van der Waals surface area contributed by atoms with E-state index in [-0.39, 0.29) is 0 Å². The van der Waals surface area contributed by atoms with Crippen LogP contribution in [0.5, 0.6) is 0 Å². The number of aryl methyl sites for hydroxylation is 1. The molecule has 1 aromatic carbocycles. The fraction of sp³-hybridized carbons (Fsp3) is 0.533. The van der Waals surface area contributed by atoms with Crippen molar-refractivity contribution < 1.29 is 0 Å². The number of rotatable bonds is 5. The summed E-state index contributed by atoms with van der Waals surface area (Å²) in [6.45, 7) is 7.29. The molecule has 0 amide bonds. The van der Waals surface area contributed by atoms with E-state index in [0.29, 0.717) is 0 Å². The van der Waals surface area contributed by atoms with Crippen molar-refractivity contribution in [1.82, 2.24) is 9.55 Å². The lowest BCUT2D eigenvalue weighted by Crippen LogP contribution is -2.36. The van der Waals surface area contributed by atoms with Crippen LogP contribution < -0.4 is 5.73 Å². The van der Waals surface area contributed by atoms with Crippen molar-refractivity contribution >= 4 is 22.6 Å². The molecule has 2 aromatic rings.